The van der Waals surface area contributed by atoms with E-state index in [2.05, 4.69) is 5.10 Å². The molecule has 0 spiro atoms. The summed E-state index contributed by atoms with van der Waals surface area (Å²) in [6.45, 7) is 2.46. The van der Waals surface area contributed by atoms with Crippen molar-refractivity contribution >= 4 is 17.5 Å². The number of hydrogen-bond acceptors (Lipinski definition) is 3. The zero-order valence-electron chi connectivity index (χ0n) is 13.1. The summed E-state index contributed by atoms with van der Waals surface area (Å²) in [7, 11) is 0. The molecule has 24 heavy (non-hydrogen) atoms. The van der Waals surface area contributed by atoms with E-state index in [1.807, 2.05) is 37.3 Å². The highest BCUT2D eigenvalue weighted by atomic mass is 16.2. The Hall–Kier alpha value is -3.21. The molecule has 0 aliphatic carbocycles. The minimum atomic E-state index is -0.294. The molecule has 1 aromatic heterocycles. The molecule has 118 valence electrons. The number of hydrogen-bond donors (Lipinski definition) is 0. The number of amides is 2. The van der Waals surface area contributed by atoms with Crippen molar-refractivity contribution in [3.8, 4) is 0 Å². The van der Waals surface area contributed by atoms with Crippen LogP contribution in [-0.4, -0.2) is 21.6 Å². The van der Waals surface area contributed by atoms with Crippen molar-refractivity contribution in [1.29, 1.82) is 0 Å². The monoisotopic (exact) mass is 317 g/mol. The van der Waals surface area contributed by atoms with E-state index >= 15 is 0 Å². The second kappa shape index (κ2) is 5.45. The molecule has 0 saturated carbocycles. The zero-order chi connectivity index (χ0) is 16.7. The molecule has 0 fully saturated rings. The number of fused-ring (bicyclic) bond motifs is 1. The lowest BCUT2D eigenvalue weighted by molar-refractivity contribution is 0.0926. The number of benzene rings is 2. The lowest BCUT2D eigenvalue weighted by Crippen LogP contribution is -2.29. The van der Waals surface area contributed by atoms with Crippen molar-refractivity contribution in [2.24, 2.45) is 0 Å². The van der Waals surface area contributed by atoms with E-state index in [1.165, 1.54) is 4.90 Å². The highest BCUT2D eigenvalue weighted by Crippen LogP contribution is 2.30. The van der Waals surface area contributed by atoms with Crippen LogP contribution in [0.15, 0.2) is 60.8 Å². The molecule has 0 atom stereocenters. The SMILES string of the molecule is Cc1c(N2C(=O)c3ccccc3C2=O)cnn1Cc1ccccc1. The van der Waals surface area contributed by atoms with E-state index in [-0.39, 0.29) is 11.8 Å². The maximum Gasteiger partial charge on any atom is 0.266 e. The average molecular weight is 317 g/mol. The largest absolute Gasteiger partial charge is 0.268 e. The lowest BCUT2D eigenvalue weighted by Gasteiger charge is -2.13. The second-order valence-corrected chi connectivity index (χ2v) is 5.75. The van der Waals surface area contributed by atoms with Crippen molar-refractivity contribution in [3.63, 3.8) is 0 Å². The number of anilines is 1. The van der Waals surface area contributed by atoms with Gasteiger partial charge in [0.05, 0.1) is 35.2 Å². The summed E-state index contributed by atoms with van der Waals surface area (Å²) >= 11 is 0. The molecule has 0 unspecified atom stereocenters. The molecule has 2 amide bonds. The highest BCUT2D eigenvalue weighted by molar-refractivity contribution is 6.34. The summed E-state index contributed by atoms with van der Waals surface area (Å²) < 4.78 is 1.80. The van der Waals surface area contributed by atoms with E-state index in [1.54, 1.807) is 35.1 Å². The van der Waals surface area contributed by atoms with Crippen LogP contribution in [0.2, 0.25) is 0 Å². The number of imide groups is 1. The van der Waals surface area contributed by atoms with Gasteiger partial charge in [-0.15, -0.1) is 0 Å². The van der Waals surface area contributed by atoms with Gasteiger partial charge in [0.2, 0.25) is 0 Å². The molecule has 0 bridgehead atoms. The predicted octanol–water partition coefficient (Wildman–Crippen LogP) is 3.04. The summed E-state index contributed by atoms with van der Waals surface area (Å²) in [6, 6.07) is 16.8. The van der Waals surface area contributed by atoms with Crippen molar-refractivity contribution in [2.45, 2.75) is 13.5 Å². The molecular weight excluding hydrogens is 302 g/mol. The fraction of sp³-hybridized carbons (Fsp3) is 0.105. The summed E-state index contributed by atoms with van der Waals surface area (Å²) in [6.07, 6.45) is 1.58. The first kappa shape index (κ1) is 14.4. The van der Waals surface area contributed by atoms with Gasteiger partial charge in [-0.05, 0) is 24.6 Å². The first-order valence-electron chi connectivity index (χ1n) is 7.71. The van der Waals surface area contributed by atoms with E-state index in [0.717, 1.165) is 11.3 Å². The van der Waals surface area contributed by atoms with Crippen LogP contribution < -0.4 is 4.90 Å². The molecule has 3 aromatic rings. The Morgan fingerprint density at radius 1 is 0.875 bits per heavy atom. The summed E-state index contributed by atoms with van der Waals surface area (Å²) in [5.41, 5.74) is 3.32. The van der Waals surface area contributed by atoms with Crippen LogP contribution in [-0.2, 0) is 6.54 Å². The summed E-state index contributed by atoms with van der Waals surface area (Å²) in [5.74, 6) is -0.587. The quantitative estimate of drug-likeness (QED) is 0.698. The Labute approximate surface area is 139 Å². The summed E-state index contributed by atoms with van der Waals surface area (Å²) in [4.78, 5) is 26.4. The minimum absolute atomic E-state index is 0.294. The Morgan fingerprint density at radius 2 is 1.46 bits per heavy atom. The van der Waals surface area contributed by atoms with Gasteiger partial charge in [-0.3, -0.25) is 14.3 Å². The molecule has 2 aromatic carbocycles. The maximum atomic E-state index is 12.6. The minimum Gasteiger partial charge on any atom is -0.268 e. The van der Waals surface area contributed by atoms with Gasteiger partial charge in [0.25, 0.3) is 11.8 Å². The topological polar surface area (TPSA) is 55.2 Å². The Bertz CT molecular complexity index is 909. The van der Waals surface area contributed by atoms with Crippen molar-refractivity contribution in [3.05, 3.63) is 83.2 Å². The van der Waals surface area contributed by atoms with E-state index in [0.29, 0.717) is 23.4 Å². The first-order chi connectivity index (χ1) is 11.7. The fourth-order valence-electron chi connectivity index (χ4n) is 2.98. The molecular formula is C19H15N3O2. The molecule has 5 nitrogen and oxygen atoms in total. The van der Waals surface area contributed by atoms with Gasteiger partial charge in [-0.1, -0.05) is 42.5 Å². The van der Waals surface area contributed by atoms with Gasteiger partial charge in [0, 0.05) is 0 Å². The number of carbonyl (C=O) groups excluding carboxylic acids is 2. The standard InChI is InChI=1S/C19H15N3O2/c1-13-17(11-20-21(13)12-14-7-3-2-4-8-14)22-18(23)15-9-5-6-10-16(15)19(22)24/h2-11H,12H2,1H3. The van der Waals surface area contributed by atoms with Crippen LogP contribution in [0.25, 0.3) is 0 Å². The number of aromatic nitrogens is 2. The van der Waals surface area contributed by atoms with E-state index in [4.69, 9.17) is 0 Å². The zero-order valence-corrected chi connectivity index (χ0v) is 13.1. The second-order valence-electron chi connectivity index (χ2n) is 5.75. The third-order valence-electron chi connectivity index (χ3n) is 4.29. The number of rotatable bonds is 3. The predicted molar refractivity (Wildman–Crippen MR) is 90.1 cm³/mol. The molecule has 2 heterocycles. The molecule has 1 aliphatic heterocycles. The molecule has 1 aliphatic rings. The van der Waals surface area contributed by atoms with Gasteiger partial charge >= 0.3 is 0 Å². The normalized spacial score (nSPS) is 13.5. The van der Waals surface area contributed by atoms with Crippen LogP contribution in [0.4, 0.5) is 5.69 Å². The van der Waals surface area contributed by atoms with Crippen molar-refractivity contribution < 1.29 is 9.59 Å². The lowest BCUT2D eigenvalue weighted by atomic mass is 10.1. The Morgan fingerprint density at radius 3 is 2.08 bits per heavy atom. The van der Waals surface area contributed by atoms with Crippen LogP contribution in [0.3, 0.4) is 0 Å². The Balaban J connectivity index is 1.69. The average Bonchev–Trinajstić information content (AvgIpc) is 3.08. The third kappa shape index (κ3) is 2.13. The smallest absolute Gasteiger partial charge is 0.266 e. The molecule has 0 radical (unpaired) electrons. The number of carbonyl (C=O) groups is 2. The van der Waals surface area contributed by atoms with E-state index in [9.17, 15) is 9.59 Å². The van der Waals surface area contributed by atoms with Gasteiger partial charge in [-0.2, -0.15) is 5.10 Å². The van der Waals surface area contributed by atoms with Gasteiger partial charge < -0.3 is 0 Å². The van der Waals surface area contributed by atoms with Crippen LogP contribution in [0.1, 0.15) is 32.0 Å². The van der Waals surface area contributed by atoms with Crippen LogP contribution in [0.5, 0.6) is 0 Å². The summed E-state index contributed by atoms with van der Waals surface area (Å²) in [5, 5.41) is 4.36. The van der Waals surface area contributed by atoms with Crippen molar-refractivity contribution in [2.75, 3.05) is 4.90 Å². The van der Waals surface area contributed by atoms with E-state index < -0.39 is 0 Å². The van der Waals surface area contributed by atoms with Crippen LogP contribution in [0, 0.1) is 6.92 Å². The third-order valence-corrected chi connectivity index (χ3v) is 4.29. The first-order valence-corrected chi connectivity index (χ1v) is 7.71. The van der Waals surface area contributed by atoms with Crippen molar-refractivity contribution in [1.82, 2.24) is 9.78 Å². The molecule has 0 saturated heterocycles. The van der Waals surface area contributed by atoms with Crippen LogP contribution >= 0.6 is 0 Å². The fourth-order valence-corrected chi connectivity index (χ4v) is 2.98. The van der Waals surface area contributed by atoms with Gasteiger partial charge in [-0.25, -0.2) is 4.90 Å². The van der Waals surface area contributed by atoms with Gasteiger partial charge in [0.15, 0.2) is 0 Å². The van der Waals surface area contributed by atoms with Gasteiger partial charge in [0.1, 0.15) is 0 Å². The molecule has 0 N–H and O–H groups in total. The maximum absolute atomic E-state index is 12.6. The number of nitrogens with zero attached hydrogens (tertiary/aromatic N) is 3. The highest BCUT2D eigenvalue weighted by Gasteiger charge is 2.37. The molecule has 4 rings (SSSR count). The molecule has 5 heteroatoms. The Kier molecular flexibility index (Phi) is 3.27.